The molecule has 0 saturated heterocycles. The van der Waals surface area contributed by atoms with E-state index >= 15 is 0 Å². The van der Waals surface area contributed by atoms with Gasteiger partial charge in [-0.3, -0.25) is 0 Å². The molecule has 2 atom stereocenters. The number of aliphatic hydroxyl groups is 1. The van der Waals surface area contributed by atoms with Gasteiger partial charge in [0, 0.05) is 11.8 Å². The Morgan fingerprint density at radius 3 is 3.00 bits per heavy atom. The van der Waals surface area contributed by atoms with E-state index in [1.165, 1.54) is 6.20 Å². The van der Waals surface area contributed by atoms with Crippen molar-refractivity contribution < 1.29 is 9.50 Å². The zero-order valence-corrected chi connectivity index (χ0v) is 7.99. The molecule has 0 radical (unpaired) electrons. The number of hydrogen-bond acceptors (Lipinski definition) is 2. The summed E-state index contributed by atoms with van der Waals surface area (Å²) in [5, 5.41) is 9.49. The molecule has 1 aliphatic carbocycles. The summed E-state index contributed by atoms with van der Waals surface area (Å²) in [6.07, 6.45) is 4.63. The molecule has 1 aliphatic rings. The van der Waals surface area contributed by atoms with Crippen molar-refractivity contribution in [2.45, 2.75) is 37.7 Å². The molecule has 0 aromatic carbocycles. The number of aliphatic hydroxyl groups excluding tert-OH is 1. The number of nitrogens with zero attached hydrogens (tertiary/aromatic N) is 1. The maximum atomic E-state index is 13.3. The van der Waals surface area contributed by atoms with Gasteiger partial charge in [-0.15, -0.1) is 0 Å². The highest BCUT2D eigenvalue weighted by atomic mass is 19.1. The van der Waals surface area contributed by atoms with Gasteiger partial charge in [0.15, 0.2) is 0 Å². The number of aromatic nitrogens is 1. The molecule has 0 bridgehead atoms. The number of hydrogen-bond donors (Lipinski definition) is 1. The van der Waals surface area contributed by atoms with E-state index in [-0.39, 0.29) is 18.0 Å². The molecule has 2 nitrogen and oxygen atoms in total. The van der Waals surface area contributed by atoms with E-state index in [0.717, 1.165) is 19.3 Å². The summed E-state index contributed by atoms with van der Waals surface area (Å²) in [6, 6.07) is 3.52. The fraction of sp³-hybridized carbons (Fsp3) is 0.545. The number of halogens is 1. The average Bonchev–Trinajstić information content (AvgIpc) is 2.18. The molecule has 0 amide bonds. The molecular weight excluding hydrogens is 181 g/mol. The van der Waals surface area contributed by atoms with E-state index in [1.54, 1.807) is 12.1 Å². The second-order valence-corrected chi connectivity index (χ2v) is 3.90. The normalized spacial score (nSPS) is 27.6. The van der Waals surface area contributed by atoms with Crippen molar-refractivity contribution >= 4 is 0 Å². The van der Waals surface area contributed by atoms with Gasteiger partial charge >= 0.3 is 0 Å². The minimum Gasteiger partial charge on any atom is -0.393 e. The molecule has 1 heterocycles. The van der Waals surface area contributed by atoms with Gasteiger partial charge in [0.05, 0.1) is 6.10 Å². The minimum atomic E-state index is -0.383. The van der Waals surface area contributed by atoms with E-state index in [1.807, 2.05) is 0 Å². The van der Waals surface area contributed by atoms with Gasteiger partial charge in [-0.1, -0.05) is 12.5 Å². The van der Waals surface area contributed by atoms with E-state index < -0.39 is 0 Å². The number of pyridine rings is 1. The molecule has 14 heavy (non-hydrogen) atoms. The molecule has 1 fully saturated rings. The first-order valence-electron chi connectivity index (χ1n) is 5.06. The first-order chi connectivity index (χ1) is 6.77. The molecule has 1 saturated carbocycles. The standard InChI is InChI=1S/C11H14FNO/c12-11-10(5-2-6-13-11)8-3-1-4-9(14)7-8/h2,5-6,8-9,14H,1,3-4,7H2/t8?,9-/m0/s1. The third kappa shape index (κ3) is 1.93. The van der Waals surface area contributed by atoms with E-state index in [2.05, 4.69) is 4.98 Å². The van der Waals surface area contributed by atoms with E-state index in [0.29, 0.717) is 12.0 Å². The summed E-state index contributed by atoms with van der Waals surface area (Å²) < 4.78 is 13.3. The van der Waals surface area contributed by atoms with Crippen LogP contribution in [0.4, 0.5) is 4.39 Å². The van der Waals surface area contributed by atoms with E-state index in [4.69, 9.17) is 0 Å². The Bertz CT molecular complexity index is 316. The van der Waals surface area contributed by atoms with Crippen molar-refractivity contribution in [3.8, 4) is 0 Å². The summed E-state index contributed by atoms with van der Waals surface area (Å²) in [5.41, 5.74) is 0.659. The monoisotopic (exact) mass is 195 g/mol. The quantitative estimate of drug-likeness (QED) is 0.697. The second kappa shape index (κ2) is 4.05. The Kier molecular flexibility index (Phi) is 2.77. The largest absolute Gasteiger partial charge is 0.393 e. The highest BCUT2D eigenvalue weighted by Crippen LogP contribution is 2.33. The van der Waals surface area contributed by atoms with Gasteiger partial charge in [-0.25, -0.2) is 4.98 Å². The van der Waals surface area contributed by atoms with Gasteiger partial charge in [0.2, 0.25) is 5.95 Å². The van der Waals surface area contributed by atoms with Gasteiger partial charge < -0.3 is 5.11 Å². The van der Waals surface area contributed by atoms with Crippen molar-refractivity contribution in [2.24, 2.45) is 0 Å². The SMILES string of the molecule is O[C@H]1CCCC(c2cccnc2F)C1. The topological polar surface area (TPSA) is 33.1 Å². The lowest BCUT2D eigenvalue weighted by Gasteiger charge is -2.25. The molecule has 2 rings (SSSR count). The molecule has 3 heteroatoms. The van der Waals surface area contributed by atoms with Crippen LogP contribution in [-0.2, 0) is 0 Å². The Morgan fingerprint density at radius 1 is 1.43 bits per heavy atom. The van der Waals surface area contributed by atoms with Crippen LogP contribution in [0.25, 0.3) is 0 Å². The molecule has 0 aliphatic heterocycles. The van der Waals surface area contributed by atoms with Crippen LogP contribution in [0.2, 0.25) is 0 Å². The van der Waals surface area contributed by atoms with Crippen LogP contribution in [0.3, 0.4) is 0 Å². The highest BCUT2D eigenvalue weighted by Gasteiger charge is 2.23. The molecule has 1 aromatic heterocycles. The third-order valence-corrected chi connectivity index (χ3v) is 2.87. The van der Waals surface area contributed by atoms with Crippen molar-refractivity contribution in [1.29, 1.82) is 0 Å². The Labute approximate surface area is 82.8 Å². The van der Waals surface area contributed by atoms with Gasteiger partial charge in [0.1, 0.15) is 0 Å². The van der Waals surface area contributed by atoms with Gasteiger partial charge in [-0.2, -0.15) is 4.39 Å². The van der Waals surface area contributed by atoms with Crippen LogP contribution >= 0.6 is 0 Å². The lowest BCUT2D eigenvalue weighted by atomic mass is 9.83. The Balaban J connectivity index is 2.18. The van der Waals surface area contributed by atoms with Crippen molar-refractivity contribution in [1.82, 2.24) is 4.98 Å². The Hall–Kier alpha value is -0.960. The third-order valence-electron chi connectivity index (χ3n) is 2.87. The smallest absolute Gasteiger partial charge is 0.216 e. The fourth-order valence-corrected chi connectivity index (χ4v) is 2.15. The molecular formula is C11H14FNO. The molecule has 0 spiro atoms. The maximum absolute atomic E-state index is 13.3. The van der Waals surface area contributed by atoms with Crippen LogP contribution in [0, 0.1) is 5.95 Å². The minimum absolute atomic E-state index is 0.146. The van der Waals surface area contributed by atoms with Crippen LogP contribution in [-0.4, -0.2) is 16.2 Å². The van der Waals surface area contributed by atoms with Gasteiger partial charge in [0.25, 0.3) is 0 Å². The van der Waals surface area contributed by atoms with Crippen molar-refractivity contribution in [3.05, 3.63) is 29.8 Å². The highest BCUT2D eigenvalue weighted by molar-refractivity contribution is 5.17. The molecule has 1 aromatic rings. The lowest BCUT2D eigenvalue weighted by Crippen LogP contribution is -2.19. The fourth-order valence-electron chi connectivity index (χ4n) is 2.15. The average molecular weight is 195 g/mol. The van der Waals surface area contributed by atoms with E-state index in [9.17, 15) is 9.50 Å². The number of rotatable bonds is 1. The van der Waals surface area contributed by atoms with Crippen LogP contribution < -0.4 is 0 Å². The predicted molar refractivity (Wildman–Crippen MR) is 51.4 cm³/mol. The van der Waals surface area contributed by atoms with Crippen LogP contribution in [0.15, 0.2) is 18.3 Å². The van der Waals surface area contributed by atoms with Gasteiger partial charge in [-0.05, 0) is 31.2 Å². The summed E-state index contributed by atoms with van der Waals surface area (Å²) >= 11 is 0. The van der Waals surface area contributed by atoms with Crippen molar-refractivity contribution in [3.63, 3.8) is 0 Å². The first kappa shape index (κ1) is 9.59. The summed E-state index contributed by atoms with van der Waals surface area (Å²) in [4.78, 5) is 3.63. The lowest BCUT2D eigenvalue weighted by molar-refractivity contribution is 0.118. The van der Waals surface area contributed by atoms with Crippen LogP contribution in [0.5, 0.6) is 0 Å². The summed E-state index contributed by atoms with van der Waals surface area (Å²) in [5.74, 6) is -0.237. The zero-order valence-electron chi connectivity index (χ0n) is 7.99. The maximum Gasteiger partial charge on any atom is 0.216 e. The molecule has 76 valence electrons. The summed E-state index contributed by atoms with van der Waals surface area (Å²) in [6.45, 7) is 0. The zero-order chi connectivity index (χ0) is 9.97. The van der Waals surface area contributed by atoms with Crippen molar-refractivity contribution in [2.75, 3.05) is 0 Å². The first-order valence-corrected chi connectivity index (χ1v) is 5.06. The molecule has 1 unspecified atom stereocenters. The Morgan fingerprint density at radius 2 is 2.29 bits per heavy atom. The predicted octanol–water partition coefficient (Wildman–Crippen LogP) is 2.24. The molecule has 1 N–H and O–H groups in total. The van der Waals surface area contributed by atoms with Crippen LogP contribution in [0.1, 0.15) is 37.2 Å². The summed E-state index contributed by atoms with van der Waals surface area (Å²) in [7, 11) is 0. The second-order valence-electron chi connectivity index (χ2n) is 3.90.